The van der Waals surface area contributed by atoms with Gasteiger partial charge in [-0.05, 0) is 18.8 Å². The molecule has 5 heteroatoms. The van der Waals surface area contributed by atoms with E-state index in [0.717, 1.165) is 10.8 Å². The number of aryl methyl sites for hydroxylation is 1. The summed E-state index contributed by atoms with van der Waals surface area (Å²) in [7, 11) is 0. The number of anilines is 1. The average molecular weight is 282 g/mol. The molecule has 1 aliphatic carbocycles. The smallest absolute Gasteiger partial charge is 0.303 e. The van der Waals surface area contributed by atoms with Gasteiger partial charge in [0.1, 0.15) is 0 Å². The SMILES string of the molecule is CC1CCCCCC1Nc1nc(CCC(=O)O)cs1. The van der Waals surface area contributed by atoms with Crippen molar-refractivity contribution < 1.29 is 9.90 Å². The third kappa shape index (κ3) is 4.49. The lowest BCUT2D eigenvalue weighted by atomic mass is 9.97. The van der Waals surface area contributed by atoms with Gasteiger partial charge in [-0.3, -0.25) is 4.79 Å². The third-order valence-electron chi connectivity index (χ3n) is 3.82. The second-order valence-electron chi connectivity index (χ2n) is 5.40. The number of hydrogen-bond donors (Lipinski definition) is 2. The highest BCUT2D eigenvalue weighted by Crippen LogP contribution is 2.27. The summed E-state index contributed by atoms with van der Waals surface area (Å²) in [6.07, 6.45) is 7.14. The Morgan fingerprint density at radius 2 is 2.26 bits per heavy atom. The van der Waals surface area contributed by atoms with Gasteiger partial charge in [0.15, 0.2) is 5.13 Å². The fraction of sp³-hybridized carbons (Fsp3) is 0.714. The number of carboxylic acid groups (broad SMARTS) is 1. The number of aliphatic carboxylic acids is 1. The van der Waals surface area contributed by atoms with E-state index in [0.29, 0.717) is 18.4 Å². The molecule has 0 aromatic carbocycles. The number of hydrogen-bond acceptors (Lipinski definition) is 4. The molecule has 19 heavy (non-hydrogen) atoms. The zero-order valence-corrected chi connectivity index (χ0v) is 12.2. The summed E-state index contributed by atoms with van der Waals surface area (Å²) in [5.41, 5.74) is 0.885. The standard InChI is InChI=1S/C14H22N2O2S/c1-10-5-3-2-4-6-12(10)16-14-15-11(9-19-14)7-8-13(17)18/h9-10,12H,2-8H2,1H3,(H,15,16)(H,17,18). The molecule has 0 spiro atoms. The van der Waals surface area contributed by atoms with Crippen LogP contribution in [0.5, 0.6) is 0 Å². The van der Waals surface area contributed by atoms with Crippen LogP contribution in [0.15, 0.2) is 5.38 Å². The molecule has 1 aromatic heterocycles. The molecule has 0 radical (unpaired) electrons. The number of nitrogens with one attached hydrogen (secondary N) is 1. The number of thiazole rings is 1. The van der Waals surface area contributed by atoms with Gasteiger partial charge in [-0.15, -0.1) is 11.3 Å². The van der Waals surface area contributed by atoms with Crippen LogP contribution in [0, 0.1) is 5.92 Å². The van der Waals surface area contributed by atoms with Gasteiger partial charge >= 0.3 is 5.97 Å². The Hall–Kier alpha value is -1.10. The molecule has 0 saturated heterocycles. The van der Waals surface area contributed by atoms with Crippen LogP contribution < -0.4 is 5.32 Å². The first-order valence-electron chi connectivity index (χ1n) is 7.08. The van der Waals surface area contributed by atoms with E-state index in [4.69, 9.17) is 5.11 Å². The van der Waals surface area contributed by atoms with Crippen LogP contribution in [-0.2, 0) is 11.2 Å². The maximum absolute atomic E-state index is 10.5. The summed E-state index contributed by atoms with van der Waals surface area (Å²) in [4.78, 5) is 15.0. The second-order valence-corrected chi connectivity index (χ2v) is 6.26. The van der Waals surface area contributed by atoms with E-state index in [1.165, 1.54) is 32.1 Å². The number of rotatable bonds is 5. The van der Waals surface area contributed by atoms with Gasteiger partial charge in [0.2, 0.25) is 0 Å². The Morgan fingerprint density at radius 1 is 1.47 bits per heavy atom. The van der Waals surface area contributed by atoms with Crippen molar-refractivity contribution >= 4 is 22.4 Å². The normalized spacial score (nSPS) is 23.8. The Kier molecular flexibility index (Phi) is 5.19. The molecular weight excluding hydrogens is 260 g/mol. The number of aromatic nitrogens is 1. The topological polar surface area (TPSA) is 62.2 Å². The Bertz CT molecular complexity index is 419. The minimum Gasteiger partial charge on any atom is -0.481 e. The fourth-order valence-corrected chi connectivity index (χ4v) is 3.40. The minimum absolute atomic E-state index is 0.156. The van der Waals surface area contributed by atoms with E-state index in [1.54, 1.807) is 11.3 Å². The number of carboxylic acids is 1. The van der Waals surface area contributed by atoms with E-state index in [2.05, 4.69) is 17.2 Å². The first-order valence-corrected chi connectivity index (χ1v) is 7.96. The predicted molar refractivity (Wildman–Crippen MR) is 77.7 cm³/mol. The van der Waals surface area contributed by atoms with Crippen LogP contribution in [0.4, 0.5) is 5.13 Å². The summed E-state index contributed by atoms with van der Waals surface area (Å²) >= 11 is 1.59. The van der Waals surface area contributed by atoms with Crippen molar-refractivity contribution in [1.29, 1.82) is 0 Å². The van der Waals surface area contributed by atoms with Gasteiger partial charge in [0.25, 0.3) is 0 Å². The van der Waals surface area contributed by atoms with E-state index in [1.807, 2.05) is 5.38 Å². The third-order valence-corrected chi connectivity index (χ3v) is 4.64. The summed E-state index contributed by atoms with van der Waals surface area (Å²) in [6.45, 7) is 2.31. The van der Waals surface area contributed by atoms with Crippen LogP contribution in [0.25, 0.3) is 0 Å². The molecule has 106 valence electrons. The van der Waals surface area contributed by atoms with Crippen molar-refractivity contribution in [3.05, 3.63) is 11.1 Å². The lowest BCUT2D eigenvalue weighted by molar-refractivity contribution is -0.136. The maximum Gasteiger partial charge on any atom is 0.303 e. The molecule has 1 aliphatic rings. The molecule has 0 amide bonds. The maximum atomic E-state index is 10.5. The van der Waals surface area contributed by atoms with E-state index in [9.17, 15) is 4.79 Å². The highest BCUT2D eigenvalue weighted by Gasteiger charge is 2.20. The molecule has 2 unspecified atom stereocenters. The van der Waals surface area contributed by atoms with Gasteiger partial charge < -0.3 is 10.4 Å². The van der Waals surface area contributed by atoms with Crippen molar-refractivity contribution in [2.45, 2.75) is 57.9 Å². The van der Waals surface area contributed by atoms with Crippen LogP contribution in [-0.4, -0.2) is 22.1 Å². The van der Waals surface area contributed by atoms with Crippen molar-refractivity contribution in [3.8, 4) is 0 Å². The lowest BCUT2D eigenvalue weighted by Crippen LogP contribution is -2.26. The number of nitrogens with zero attached hydrogens (tertiary/aromatic N) is 1. The fourth-order valence-electron chi connectivity index (χ4n) is 2.59. The molecule has 2 atom stereocenters. The Labute approximate surface area is 118 Å². The molecule has 2 rings (SSSR count). The van der Waals surface area contributed by atoms with Crippen molar-refractivity contribution in [2.24, 2.45) is 5.92 Å². The zero-order chi connectivity index (χ0) is 13.7. The molecular formula is C14H22N2O2S. The molecule has 1 aromatic rings. The first-order chi connectivity index (χ1) is 9.15. The summed E-state index contributed by atoms with van der Waals surface area (Å²) in [5.74, 6) is -0.0752. The van der Waals surface area contributed by atoms with Gasteiger partial charge in [0, 0.05) is 17.8 Å². The molecule has 0 aliphatic heterocycles. The molecule has 1 fully saturated rings. The van der Waals surface area contributed by atoms with Gasteiger partial charge in [0.05, 0.1) is 12.1 Å². The van der Waals surface area contributed by atoms with Crippen LogP contribution in [0.1, 0.15) is 51.1 Å². The molecule has 4 nitrogen and oxygen atoms in total. The Morgan fingerprint density at radius 3 is 3.05 bits per heavy atom. The predicted octanol–water partition coefficient (Wildman–Crippen LogP) is 3.54. The van der Waals surface area contributed by atoms with Gasteiger partial charge in [-0.2, -0.15) is 0 Å². The van der Waals surface area contributed by atoms with E-state index in [-0.39, 0.29) is 6.42 Å². The molecule has 1 heterocycles. The van der Waals surface area contributed by atoms with Crippen LogP contribution >= 0.6 is 11.3 Å². The molecule has 2 N–H and O–H groups in total. The minimum atomic E-state index is -0.764. The average Bonchev–Trinajstić information content (AvgIpc) is 2.72. The highest BCUT2D eigenvalue weighted by atomic mass is 32.1. The van der Waals surface area contributed by atoms with Crippen LogP contribution in [0.2, 0.25) is 0 Å². The summed E-state index contributed by atoms with van der Waals surface area (Å²) in [6, 6.07) is 0.515. The molecule has 0 bridgehead atoms. The van der Waals surface area contributed by atoms with Crippen molar-refractivity contribution in [3.63, 3.8) is 0 Å². The monoisotopic (exact) mass is 282 g/mol. The molecule has 1 saturated carbocycles. The quantitative estimate of drug-likeness (QED) is 0.811. The van der Waals surface area contributed by atoms with Gasteiger partial charge in [-0.1, -0.05) is 26.2 Å². The second kappa shape index (κ2) is 6.89. The van der Waals surface area contributed by atoms with E-state index < -0.39 is 5.97 Å². The largest absolute Gasteiger partial charge is 0.481 e. The lowest BCUT2D eigenvalue weighted by Gasteiger charge is -2.22. The zero-order valence-electron chi connectivity index (χ0n) is 11.4. The first kappa shape index (κ1) is 14.3. The summed E-state index contributed by atoms with van der Waals surface area (Å²) < 4.78 is 0. The summed E-state index contributed by atoms with van der Waals surface area (Å²) in [5, 5.41) is 15.1. The Balaban J connectivity index is 1.89. The van der Waals surface area contributed by atoms with E-state index >= 15 is 0 Å². The highest BCUT2D eigenvalue weighted by molar-refractivity contribution is 7.13. The van der Waals surface area contributed by atoms with Crippen molar-refractivity contribution in [1.82, 2.24) is 4.98 Å². The number of carbonyl (C=O) groups is 1. The van der Waals surface area contributed by atoms with Gasteiger partial charge in [-0.25, -0.2) is 4.98 Å². The van der Waals surface area contributed by atoms with Crippen molar-refractivity contribution in [2.75, 3.05) is 5.32 Å². The van der Waals surface area contributed by atoms with Crippen LogP contribution in [0.3, 0.4) is 0 Å².